The second-order valence-corrected chi connectivity index (χ2v) is 12.7. The molecule has 0 atom stereocenters. The molecule has 6 aromatic rings. The molecule has 0 spiro atoms. The zero-order valence-electron chi connectivity index (χ0n) is 28.0. The van der Waals surface area contributed by atoms with Crippen molar-refractivity contribution in [3.05, 3.63) is 149 Å². The number of aryl methyl sites for hydroxylation is 3. The summed E-state index contributed by atoms with van der Waals surface area (Å²) in [5.74, 6) is 2.83. The number of pyridine rings is 2. The monoisotopic (exact) mass is 832 g/mol. The minimum Gasteiger partial charge on any atom is -0.510 e. The Morgan fingerprint density at radius 2 is 1.24 bits per heavy atom. The number of hydrogen-bond acceptors (Lipinski definition) is 5. The van der Waals surface area contributed by atoms with Gasteiger partial charge in [0, 0.05) is 48.1 Å². The molecule has 4 heterocycles. The molecular weight excluding hydrogens is 798 g/mol. The predicted octanol–water partition coefficient (Wildman–Crippen LogP) is 10.5. The molecule has 4 aromatic carbocycles. The van der Waals surface area contributed by atoms with Gasteiger partial charge in [0.05, 0.1) is 12.3 Å². The van der Waals surface area contributed by atoms with Gasteiger partial charge in [-0.2, -0.15) is 6.07 Å². The van der Waals surface area contributed by atoms with Crippen LogP contribution in [0.5, 0.6) is 11.5 Å². The quantitative estimate of drug-likeness (QED) is 0.157. The topological polar surface area (TPSA) is 45.9 Å². The molecule has 0 saturated heterocycles. The zero-order valence-corrected chi connectivity index (χ0v) is 30.3. The van der Waals surface area contributed by atoms with Crippen LogP contribution in [0, 0.1) is 32.6 Å². The zero-order chi connectivity index (χ0) is 33.3. The Morgan fingerprint density at radius 1 is 0.680 bits per heavy atom. The molecule has 50 heavy (non-hydrogen) atoms. The van der Waals surface area contributed by atoms with Gasteiger partial charge >= 0.3 is 21.1 Å². The van der Waals surface area contributed by atoms with Crippen LogP contribution in [-0.4, -0.2) is 23.1 Å². The van der Waals surface area contributed by atoms with Crippen LogP contribution in [0.15, 0.2) is 103 Å². The van der Waals surface area contributed by atoms with Crippen LogP contribution in [-0.2, 0) is 33.9 Å². The summed E-state index contributed by atoms with van der Waals surface area (Å²) in [5.41, 5.74) is 11.5. The van der Waals surface area contributed by atoms with Crippen molar-refractivity contribution in [3.8, 4) is 33.8 Å². The first kappa shape index (κ1) is 33.3. The van der Waals surface area contributed by atoms with Gasteiger partial charge in [-0.05, 0) is 61.1 Å². The SMILES string of the molecule is [C-]#[N+]c1cc(Oc2[c-]c3c(cc2)CCCN3c2cc(C)c(-c3ccccc3)cn2)[c-]c2c1CCCN2c1cc(C)c(-c2ccccc2)cn1.[Pt+2]. The average molecular weight is 833 g/mol. The molecule has 0 amide bonds. The molecule has 2 aliphatic rings. The number of aromatic nitrogens is 2. The van der Waals surface area contributed by atoms with E-state index in [0.29, 0.717) is 17.2 Å². The second-order valence-electron chi connectivity index (χ2n) is 12.7. The Labute approximate surface area is 308 Å². The predicted molar refractivity (Wildman–Crippen MR) is 196 cm³/mol. The van der Waals surface area contributed by atoms with E-state index in [1.807, 2.05) is 48.8 Å². The van der Waals surface area contributed by atoms with Gasteiger partial charge in [0.2, 0.25) is 0 Å². The summed E-state index contributed by atoms with van der Waals surface area (Å²) in [6, 6.07) is 38.0. The maximum atomic E-state index is 8.02. The molecule has 0 saturated carbocycles. The van der Waals surface area contributed by atoms with Crippen LogP contribution in [0.3, 0.4) is 0 Å². The fourth-order valence-electron chi connectivity index (χ4n) is 7.05. The number of fused-ring (bicyclic) bond motifs is 2. The molecular formula is C43H35N5OPt. The van der Waals surface area contributed by atoms with Crippen molar-refractivity contribution in [1.29, 1.82) is 0 Å². The third-order valence-corrected chi connectivity index (χ3v) is 9.52. The summed E-state index contributed by atoms with van der Waals surface area (Å²) in [4.78, 5) is 18.1. The molecule has 0 fully saturated rings. The van der Waals surface area contributed by atoms with E-state index in [1.165, 1.54) is 11.1 Å². The first-order chi connectivity index (χ1) is 24.1. The van der Waals surface area contributed by atoms with Crippen LogP contribution >= 0.6 is 0 Å². The molecule has 0 bridgehead atoms. The van der Waals surface area contributed by atoms with Gasteiger partial charge in [0.15, 0.2) is 0 Å². The van der Waals surface area contributed by atoms with Gasteiger partial charge in [0.1, 0.15) is 11.6 Å². The summed E-state index contributed by atoms with van der Waals surface area (Å²) in [5, 5.41) is 0. The Balaban J connectivity index is 0.00000392. The average Bonchev–Trinajstić information content (AvgIpc) is 3.14. The van der Waals surface area contributed by atoms with Crippen LogP contribution < -0.4 is 14.5 Å². The third kappa shape index (κ3) is 6.42. The third-order valence-electron chi connectivity index (χ3n) is 9.52. The minimum absolute atomic E-state index is 0. The van der Waals surface area contributed by atoms with Crippen LogP contribution in [0.4, 0.5) is 28.7 Å². The normalized spacial score (nSPS) is 13.5. The Morgan fingerprint density at radius 3 is 1.82 bits per heavy atom. The van der Waals surface area contributed by atoms with Gasteiger partial charge in [-0.3, -0.25) is 4.85 Å². The fourth-order valence-corrected chi connectivity index (χ4v) is 7.05. The number of rotatable bonds is 6. The molecule has 0 aliphatic carbocycles. The van der Waals surface area contributed by atoms with Crippen molar-refractivity contribution in [1.82, 2.24) is 9.97 Å². The van der Waals surface area contributed by atoms with Gasteiger partial charge in [-0.25, -0.2) is 9.97 Å². The van der Waals surface area contributed by atoms with Crippen molar-refractivity contribution < 1.29 is 25.8 Å². The van der Waals surface area contributed by atoms with E-state index in [1.54, 1.807) is 0 Å². The number of anilines is 4. The van der Waals surface area contributed by atoms with Crippen molar-refractivity contribution >= 4 is 28.7 Å². The summed E-state index contributed by atoms with van der Waals surface area (Å²) in [7, 11) is 0. The second kappa shape index (κ2) is 14.3. The molecule has 2 aromatic heterocycles. The number of nitrogens with zero attached hydrogens (tertiary/aromatic N) is 5. The maximum Gasteiger partial charge on any atom is 2.00 e. The molecule has 0 radical (unpaired) electrons. The minimum atomic E-state index is 0. The van der Waals surface area contributed by atoms with Crippen molar-refractivity contribution in [2.24, 2.45) is 0 Å². The Kier molecular flexibility index (Phi) is 9.52. The largest absolute Gasteiger partial charge is 2.00 e. The summed E-state index contributed by atoms with van der Waals surface area (Å²) >= 11 is 0. The van der Waals surface area contributed by atoms with Crippen LogP contribution in [0.1, 0.15) is 35.1 Å². The van der Waals surface area contributed by atoms with Gasteiger partial charge in [-0.15, -0.1) is 35.4 Å². The summed E-state index contributed by atoms with van der Waals surface area (Å²) < 4.78 is 6.47. The number of ether oxygens (including phenoxy) is 1. The van der Waals surface area contributed by atoms with E-state index >= 15 is 0 Å². The Bertz CT molecular complexity index is 2210. The van der Waals surface area contributed by atoms with Gasteiger partial charge in [0.25, 0.3) is 0 Å². The van der Waals surface area contributed by atoms with E-state index in [2.05, 4.69) is 95.2 Å². The van der Waals surface area contributed by atoms with Crippen molar-refractivity contribution in [2.45, 2.75) is 39.5 Å². The van der Waals surface area contributed by atoms with Crippen molar-refractivity contribution in [3.63, 3.8) is 0 Å². The van der Waals surface area contributed by atoms with E-state index in [9.17, 15) is 0 Å². The van der Waals surface area contributed by atoms with Crippen LogP contribution in [0.25, 0.3) is 27.1 Å². The van der Waals surface area contributed by atoms with E-state index in [-0.39, 0.29) is 21.1 Å². The molecule has 8 rings (SSSR count). The summed E-state index contributed by atoms with van der Waals surface area (Å²) in [6.07, 6.45) is 7.67. The molecule has 7 heteroatoms. The number of benzene rings is 4. The molecule has 248 valence electrons. The number of hydrogen-bond donors (Lipinski definition) is 0. The van der Waals surface area contributed by atoms with Gasteiger partial charge < -0.3 is 14.5 Å². The molecule has 2 aliphatic heterocycles. The molecule has 0 N–H and O–H groups in total. The standard InChI is InChI=1S/C43H35N5O.Pt/c1-29-22-42(45-27-37(29)31-12-6-4-7-13-31)47-20-10-16-33-18-19-34(25-40(33)47)49-35-24-39(44-3)36-17-11-21-48(41(36)26-35)43-23-30(2)38(28-46-43)32-14-8-5-9-15-32;/h4-9,12-15,18-19,22-24,27-28H,10-11,16-17,20-21H2,1-2H3;/q-2;+2. The summed E-state index contributed by atoms with van der Waals surface area (Å²) in [6.45, 7) is 13.9. The first-order valence-electron chi connectivity index (χ1n) is 16.8. The van der Waals surface area contributed by atoms with E-state index in [0.717, 1.165) is 95.2 Å². The van der Waals surface area contributed by atoms with E-state index in [4.69, 9.17) is 21.3 Å². The molecule has 0 unspecified atom stereocenters. The molecule has 6 nitrogen and oxygen atoms in total. The Hall–Kier alpha value is -5.24. The van der Waals surface area contributed by atoms with Gasteiger partial charge in [-0.1, -0.05) is 84.9 Å². The smallest absolute Gasteiger partial charge is 0.510 e. The van der Waals surface area contributed by atoms with Crippen molar-refractivity contribution in [2.75, 3.05) is 22.9 Å². The van der Waals surface area contributed by atoms with Crippen LogP contribution in [0.2, 0.25) is 0 Å². The fraction of sp³-hybridized carbons (Fsp3) is 0.186. The first-order valence-corrected chi connectivity index (χ1v) is 16.8. The maximum absolute atomic E-state index is 8.02. The van der Waals surface area contributed by atoms with E-state index < -0.39 is 0 Å².